The summed E-state index contributed by atoms with van der Waals surface area (Å²) in [6.07, 6.45) is 0.674. The van der Waals surface area contributed by atoms with Gasteiger partial charge in [-0.05, 0) is 35.7 Å². The van der Waals surface area contributed by atoms with Gasteiger partial charge in [0.05, 0.1) is 12.6 Å². The fraction of sp³-hybridized carbons (Fsp3) is 0.150. The fourth-order valence-electron chi connectivity index (χ4n) is 3.08. The number of hydrogen-bond acceptors (Lipinski definition) is 5. The average Bonchev–Trinajstić information content (AvgIpc) is 3.24. The summed E-state index contributed by atoms with van der Waals surface area (Å²) in [5.41, 5.74) is 1.67. The molecule has 6 nitrogen and oxygen atoms in total. The van der Waals surface area contributed by atoms with Crippen molar-refractivity contribution in [3.05, 3.63) is 77.2 Å². The van der Waals surface area contributed by atoms with Crippen LogP contribution in [-0.2, 0) is 10.0 Å². The van der Waals surface area contributed by atoms with Crippen LogP contribution in [-0.4, -0.2) is 20.9 Å². The number of amides is 1. The van der Waals surface area contributed by atoms with Gasteiger partial charge in [0, 0.05) is 23.2 Å². The van der Waals surface area contributed by atoms with Crippen molar-refractivity contribution in [3.63, 3.8) is 0 Å². The van der Waals surface area contributed by atoms with Crippen LogP contribution in [0.4, 0.5) is 5.69 Å². The van der Waals surface area contributed by atoms with Crippen LogP contribution in [0.2, 0.25) is 0 Å². The molecule has 0 saturated carbocycles. The number of benzene rings is 2. The Bertz CT molecular complexity index is 1090. The van der Waals surface area contributed by atoms with E-state index in [0.29, 0.717) is 24.3 Å². The van der Waals surface area contributed by atoms with Crippen LogP contribution in [0, 0.1) is 0 Å². The molecule has 0 radical (unpaired) electrons. The molecule has 3 aromatic rings. The van der Waals surface area contributed by atoms with Crippen LogP contribution in [0.3, 0.4) is 0 Å². The third kappa shape index (κ3) is 3.88. The van der Waals surface area contributed by atoms with E-state index >= 15 is 0 Å². The first-order chi connectivity index (χ1) is 13.5. The quantitative estimate of drug-likeness (QED) is 0.665. The largest absolute Gasteiger partial charge is 0.493 e. The normalized spacial score (nSPS) is 15.9. The van der Waals surface area contributed by atoms with Crippen molar-refractivity contribution in [2.24, 2.45) is 0 Å². The molecule has 2 N–H and O–H groups in total. The molecule has 1 aromatic heterocycles. The summed E-state index contributed by atoms with van der Waals surface area (Å²) >= 11 is 1.13. The zero-order valence-corrected chi connectivity index (χ0v) is 16.4. The molecular weight excluding hydrogens is 396 g/mol. The Morgan fingerprint density at radius 3 is 2.75 bits per heavy atom. The SMILES string of the molecule is O=C(N[C@@H]1CCOc2ccccc21)c1cccc(NS(=O)(=O)c2cccs2)c1. The monoisotopic (exact) mass is 414 g/mol. The van der Waals surface area contributed by atoms with Crippen molar-refractivity contribution in [3.8, 4) is 5.75 Å². The lowest BCUT2D eigenvalue weighted by molar-refractivity contribution is 0.0925. The standard InChI is InChI=1S/C20H18N2O4S2/c23-20(21-17-10-11-26-18-8-2-1-7-16(17)18)14-5-3-6-15(13-14)22-28(24,25)19-9-4-12-27-19/h1-9,12-13,17,22H,10-11H2,(H,21,23)/t17-/m1/s1. The predicted octanol–water partition coefficient (Wildman–Crippen LogP) is 3.80. The summed E-state index contributed by atoms with van der Waals surface area (Å²) in [6.45, 7) is 0.530. The molecule has 2 heterocycles. The third-order valence-corrected chi connectivity index (χ3v) is 7.18. The van der Waals surface area contributed by atoms with Crippen molar-refractivity contribution < 1.29 is 17.9 Å². The third-order valence-electron chi connectivity index (χ3n) is 4.40. The minimum Gasteiger partial charge on any atom is -0.493 e. The molecule has 0 fully saturated rings. The number of thiophene rings is 1. The van der Waals surface area contributed by atoms with Crippen LogP contribution in [0.15, 0.2) is 70.3 Å². The minimum atomic E-state index is -3.66. The highest BCUT2D eigenvalue weighted by Crippen LogP contribution is 2.31. The molecule has 8 heteroatoms. The van der Waals surface area contributed by atoms with E-state index in [1.54, 1.807) is 29.6 Å². The molecule has 4 rings (SSSR count). The molecule has 0 bridgehead atoms. The fourth-order valence-corrected chi connectivity index (χ4v) is 5.12. The summed E-state index contributed by atoms with van der Waals surface area (Å²) in [6, 6.07) is 17.1. The molecule has 2 aromatic carbocycles. The van der Waals surface area contributed by atoms with Gasteiger partial charge in [-0.25, -0.2) is 8.42 Å². The number of carbonyl (C=O) groups excluding carboxylic acids is 1. The lowest BCUT2D eigenvalue weighted by Gasteiger charge is -2.26. The van der Waals surface area contributed by atoms with Gasteiger partial charge in [0.15, 0.2) is 0 Å². The van der Waals surface area contributed by atoms with Crippen molar-refractivity contribution in [1.82, 2.24) is 5.32 Å². The van der Waals surface area contributed by atoms with Gasteiger partial charge in [-0.1, -0.05) is 30.3 Å². The van der Waals surface area contributed by atoms with E-state index in [9.17, 15) is 13.2 Å². The minimum absolute atomic E-state index is 0.149. The molecule has 28 heavy (non-hydrogen) atoms. The van der Waals surface area contributed by atoms with Crippen LogP contribution in [0.1, 0.15) is 28.4 Å². The molecular formula is C20H18N2O4S2. The zero-order chi connectivity index (χ0) is 19.6. The Hall–Kier alpha value is -2.84. The number of sulfonamides is 1. The summed E-state index contributed by atoms with van der Waals surface area (Å²) in [4.78, 5) is 12.7. The van der Waals surface area contributed by atoms with Crippen LogP contribution in [0.5, 0.6) is 5.75 Å². The summed E-state index contributed by atoms with van der Waals surface area (Å²) < 4.78 is 33.1. The van der Waals surface area contributed by atoms with Gasteiger partial charge in [-0.2, -0.15) is 0 Å². The van der Waals surface area contributed by atoms with E-state index < -0.39 is 10.0 Å². The number of rotatable bonds is 5. The van der Waals surface area contributed by atoms with Crippen molar-refractivity contribution in [2.75, 3.05) is 11.3 Å². The molecule has 0 saturated heterocycles. The maximum atomic E-state index is 12.7. The molecule has 1 aliphatic heterocycles. The number of anilines is 1. The Kier molecular flexibility index (Phi) is 5.06. The first-order valence-electron chi connectivity index (χ1n) is 8.72. The maximum Gasteiger partial charge on any atom is 0.271 e. The number of carbonyl (C=O) groups is 1. The Balaban J connectivity index is 1.51. The van der Waals surface area contributed by atoms with Crippen molar-refractivity contribution >= 4 is 33.0 Å². The highest BCUT2D eigenvalue weighted by atomic mass is 32.2. The van der Waals surface area contributed by atoms with Crippen LogP contribution in [0.25, 0.3) is 0 Å². The van der Waals surface area contributed by atoms with E-state index in [-0.39, 0.29) is 16.2 Å². The molecule has 0 spiro atoms. The summed E-state index contributed by atoms with van der Waals surface area (Å²) in [5.74, 6) is 0.510. The number of hydrogen-bond donors (Lipinski definition) is 2. The van der Waals surface area contributed by atoms with Crippen LogP contribution < -0.4 is 14.8 Å². The van der Waals surface area contributed by atoms with E-state index in [1.165, 1.54) is 12.1 Å². The van der Waals surface area contributed by atoms with Gasteiger partial charge in [0.2, 0.25) is 0 Å². The second-order valence-electron chi connectivity index (χ2n) is 6.32. The van der Waals surface area contributed by atoms with Gasteiger partial charge < -0.3 is 10.1 Å². The lowest BCUT2D eigenvalue weighted by atomic mass is 10.00. The molecule has 1 atom stereocenters. The van der Waals surface area contributed by atoms with Crippen molar-refractivity contribution in [1.29, 1.82) is 0 Å². The van der Waals surface area contributed by atoms with E-state index in [2.05, 4.69) is 10.0 Å². The maximum absolute atomic E-state index is 12.7. The Morgan fingerprint density at radius 2 is 1.93 bits per heavy atom. The molecule has 0 unspecified atom stereocenters. The number of ether oxygens (including phenoxy) is 1. The predicted molar refractivity (Wildman–Crippen MR) is 108 cm³/mol. The van der Waals surface area contributed by atoms with Gasteiger partial charge in [-0.3, -0.25) is 9.52 Å². The first kappa shape index (κ1) is 18.5. The zero-order valence-electron chi connectivity index (χ0n) is 14.8. The second kappa shape index (κ2) is 7.65. The topological polar surface area (TPSA) is 84.5 Å². The Labute approximate surface area is 167 Å². The van der Waals surface area contributed by atoms with Crippen molar-refractivity contribution in [2.45, 2.75) is 16.7 Å². The Morgan fingerprint density at radius 1 is 1.07 bits per heavy atom. The van der Waals surface area contributed by atoms with Gasteiger partial charge in [0.25, 0.3) is 15.9 Å². The lowest BCUT2D eigenvalue weighted by Crippen LogP contribution is -2.32. The van der Waals surface area contributed by atoms with Gasteiger partial charge in [-0.15, -0.1) is 11.3 Å². The first-order valence-corrected chi connectivity index (χ1v) is 11.1. The number of fused-ring (bicyclic) bond motifs is 1. The summed E-state index contributed by atoms with van der Waals surface area (Å²) in [7, 11) is -3.66. The highest BCUT2D eigenvalue weighted by molar-refractivity contribution is 7.94. The molecule has 1 aliphatic rings. The highest BCUT2D eigenvalue weighted by Gasteiger charge is 2.23. The summed E-state index contributed by atoms with van der Waals surface area (Å²) in [5, 5.41) is 4.71. The second-order valence-corrected chi connectivity index (χ2v) is 9.18. The van der Waals surface area contributed by atoms with Gasteiger partial charge >= 0.3 is 0 Å². The number of nitrogens with one attached hydrogen (secondary N) is 2. The molecule has 0 aliphatic carbocycles. The average molecular weight is 415 g/mol. The molecule has 144 valence electrons. The van der Waals surface area contributed by atoms with E-state index in [1.807, 2.05) is 24.3 Å². The number of para-hydroxylation sites is 1. The van der Waals surface area contributed by atoms with Gasteiger partial charge in [0.1, 0.15) is 9.96 Å². The molecule has 1 amide bonds. The van der Waals surface area contributed by atoms with E-state index in [0.717, 1.165) is 22.6 Å². The van der Waals surface area contributed by atoms with E-state index in [4.69, 9.17) is 4.74 Å². The van der Waals surface area contributed by atoms with Crippen LogP contribution >= 0.6 is 11.3 Å². The smallest absolute Gasteiger partial charge is 0.271 e.